The van der Waals surface area contributed by atoms with Crippen molar-refractivity contribution in [3.05, 3.63) is 54.2 Å². The van der Waals surface area contributed by atoms with Crippen molar-refractivity contribution in [2.45, 2.75) is 38.3 Å². The minimum atomic E-state index is 0.664. The fourth-order valence-corrected chi connectivity index (χ4v) is 5.08. The lowest BCUT2D eigenvalue weighted by Crippen LogP contribution is -2.43. The maximum absolute atomic E-state index is 5.51. The van der Waals surface area contributed by atoms with E-state index in [0.29, 0.717) is 6.04 Å². The highest BCUT2D eigenvalue weighted by Gasteiger charge is 2.25. The van der Waals surface area contributed by atoms with Gasteiger partial charge >= 0.3 is 0 Å². The number of piperidine rings is 1. The van der Waals surface area contributed by atoms with Crippen LogP contribution in [-0.4, -0.2) is 65.4 Å². The Hall–Kier alpha value is -2.21. The van der Waals surface area contributed by atoms with Crippen LogP contribution in [0.4, 0.5) is 0 Å². The van der Waals surface area contributed by atoms with Gasteiger partial charge in [0.15, 0.2) is 0 Å². The molecule has 2 saturated heterocycles. The molecule has 1 N–H and O–H groups in total. The van der Waals surface area contributed by atoms with Gasteiger partial charge in [-0.1, -0.05) is 48.9 Å². The van der Waals surface area contributed by atoms with Gasteiger partial charge in [0.2, 0.25) is 0 Å². The molecule has 158 valence electrons. The second-order valence-corrected chi connectivity index (χ2v) is 8.66. The van der Waals surface area contributed by atoms with Gasteiger partial charge in [0, 0.05) is 36.8 Å². The van der Waals surface area contributed by atoms with Crippen molar-refractivity contribution in [2.24, 2.45) is 0 Å². The monoisotopic (exact) mass is 404 g/mol. The first-order valence-electron chi connectivity index (χ1n) is 11.4. The number of H-pyrrole nitrogens is 1. The highest BCUT2D eigenvalue weighted by atomic mass is 16.5. The van der Waals surface area contributed by atoms with Gasteiger partial charge in [-0.15, -0.1) is 0 Å². The van der Waals surface area contributed by atoms with Crippen LogP contribution >= 0.6 is 0 Å². The quantitative estimate of drug-likeness (QED) is 0.665. The van der Waals surface area contributed by atoms with E-state index < -0.39 is 0 Å². The highest BCUT2D eigenvalue weighted by molar-refractivity contribution is 5.96. The molecular formula is C25H32N4O. The molecule has 0 radical (unpaired) electrons. The Morgan fingerprint density at radius 2 is 1.87 bits per heavy atom. The van der Waals surface area contributed by atoms with E-state index >= 15 is 0 Å². The third-order valence-corrected chi connectivity index (χ3v) is 6.78. The molecule has 2 fully saturated rings. The molecule has 1 unspecified atom stereocenters. The number of rotatable bonds is 6. The first kappa shape index (κ1) is 19.7. The number of aromatic amines is 1. The molecule has 1 atom stereocenters. The second-order valence-electron chi connectivity index (χ2n) is 8.66. The summed E-state index contributed by atoms with van der Waals surface area (Å²) in [6, 6.07) is 15.8. The number of likely N-dealkylation sites (tertiary alicyclic amines) is 1. The summed E-state index contributed by atoms with van der Waals surface area (Å²) in [4.78, 5) is 5.26. The van der Waals surface area contributed by atoms with Gasteiger partial charge in [0.05, 0.1) is 25.1 Å². The SMILES string of the molecule is c1ccc2c(-c3[nH]ncc3CN3CCCCC3CCN3CCOCC3)cccc2c1. The number of nitrogens with zero attached hydrogens (tertiary/aromatic N) is 3. The van der Waals surface area contributed by atoms with E-state index in [1.54, 1.807) is 0 Å². The topological polar surface area (TPSA) is 44.4 Å². The smallest absolute Gasteiger partial charge is 0.0701 e. The Labute approximate surface area is 179 Å². The zero-order chi connectivity index (χ0) is 20.2. The van der Waals surface area contributed by atoms with Crippen molar-refractivity contribution in [3.63, 3.8) is 0 Å². The normalized spacial score (nSPS) is 21.3. The molecule has 30 heavy (non-hydrogen) atoms. The molecule has 3 heterocycles. The molecule has 0 saturated carbocycles. The van der Waals surface area contributed by atoms with Crippen LogP contribution in [0.3, 0.4) is 0 Å². The van der Waals surface area contributed by atoms with Gasteiger partial charge in [-0.3, -0.25) is 14.9 Å². The average molecular weight is 405 g/mol. The molecule has 5 heteroatoms. The molecule has 0 amide bonds. The summed E-state index contributed by atoms with van der Waals surface area (Å²) in [6.07, 6.45) is 7.25. The molecule has 3 aromatic rings. The summed E-state index contributed by atoms with van der Waals surface area (Å²) < 4.78 is 5.51. The lowest BCUT2D eigenvalue weighted by molar-refractivity contribution is 0.0302. The van der Waals surface area contributed by atoms with Crippen molar-refractivity contribution in [3.8, 4) is 11.3 Å². The van der Waals surface area contributed by atoms with Crippen LogP contribution in [0.25, 0.3) is 22.0 Å². The third kappa shape index (κ3) is 4.29. The molecule has 1 aromatic heterocycles. The Morgan fingerprint density at radius 1 is 1.00 bits per heavy atom. The number of benzene rings is 2. The minimum Gasteiger partial charge on any atom is -0.379 e. The maximum atomic E-state index is 5.51. The van der Waals surface area contributed by atoms with E-state index in [-0.39, 0.29) is 0 Å². The van der Waals surface area contributed by atoms with Gasteiger partial charge in [0.1, 0.15) is 0 Å². The molecule has 5 rings (SSSR count). The number of aromatic nitrogens is 2. The van der Waals surface area contributed by atoms with Crippen LogP contribution in [0.15, 0.2) is 48.7 Å². The van der Waals surface area contributed by atoms with Gasteiger partial charge < -0.3 is 4.74 Å². The lowest BCUT2D eigenvalue weighted by atomic mass is 9.96. The van der Waals surface area contributed by atoms with Gasteiger partial charge in [-0.25, -0.2) is 0 Å². The number of fused-ring (bicyclic) bond motifs is 1. The number of hydrogen-bond donors (Lipinski definition) is 1. The van der Waals surface area contributed by atoms with Gasteiger partial charge in [0.25, 0.3) is 0 Å². The first-order valence-corrected chi connectivity index (χ1v) is 11.4. The van der Waals surface area contributed by atoms with Crippen LogP contribution in [0, 0.1) is 0 Å². The highest BCUT2D eigenvalue weighted by Crippen LogP contribution is 2.31. The van der Waals surface area contributed by atoms with Crippen molar-refractivity contribution < 1.29 is 4.74 Å². The number of hydrogen-bond acceptors (Lipinski definition) is 4. The summed E-state index contributed by atoms with van der Waals surface area (Å²) in [7, 11) is 0. The summed E-state index contributed by atoms with van der Waals surface area (Å²) in [5.74, 6) is 0. The second kappa shape index (κ2) is 9.29. The van der Waals surface area contributed by atoms with Crippen molar-refractivity contribution >= 4 is 10.8 Å². The summed E-state index contributed by atoms with van der Waals surface area (Å²) in [5.41, 5.74) is 3.73. The minimum absolute atomic E-state index is 0.664. The summed E-state index contributed by atoms with van der Waals surface area (Å²) in [5, 5.41) is 10.3. The van der Waals surface area contributed by atoms with Crippen LogP contribution in [0.2, 0.25) is 0 Å². The van der Waals surface area contributed by atoms with Crippen LogP contribution in [-0.2, 0) is 11.3 Å². The van der Waals surface area contributed by atoms with Gasteiger partial charge in [-0.05, 0) is 43.1 Å². The van der Waals surface area contributed by atoms with E-state index in [0.717, 1.165) is 32.8 Å². The van der Waals surface area contributed by atoms with Crippen LogP contribution < -0.4 is 0 Å². The van der Waals surface area contributed by atoms with Crippen molar-refractivity contribution in [1.82, 2.24) is 20.0 Å². The maximum Gasteiger partial charge on any atom is 0.0701 e. The average Bonchev–Trinajstić information content (AvgIpc) is 3.27. The molecule has 0 bridgehead atoms. The fourth-order valence-electron chi connectivity index (χ4n) is 5.08. The molecule has 2 aromatic carbocycles. The number of morpholine rings is 1. The first-order chi connectivity index (χ1) is 14.9. The van der Waals surface area contributed by atoms with Crippen molar-refractivity contribution in [2.75, 3.05) is 39.4 Å². The third-order valence-electron chi connectivity index (χ3n) is 6.78. The van der Waals surface area contributed by atoms with Crippen LogP contribution in [0.5, 0.6) is 0 Å². The molecule has 5 nitrogen and oxygen atoms in total. The summed E-state index contributed by atoms with van der Waals surface area (Å²) in [6.45, 7) is 7.29. The molecular weight excluding hydrogens is 372 g/mol. The zero-order valence-electron chi connectivity index (χ0n) is 17.7. The molecule has 2 aliphatic rings. The Bertz CT molecular complexity index is 957. The van der Waals surface area contributed by atoms with E-state index in [1.165, 1.54) is 66.4 Å². The van der Waals surface area contributed by atoms with Gasteiger partial charge in [-0.2, -0.15) is 5.10 Å². The zero-order valence-corrected chi connectivity index (χ0v) is 17.7. The molecule has 0 aliphatic carbocycles. The number of ether oxygens (including phenoxy) is 1. The predicted octanol–water partition coefficient (Wildman–Crippen LogP) is 4.31. The standard InChI is InChI=1S/C25H32N4O/c1-2-9-23-20(6-1)7-5-10-24(23)25-21(18-26-27-25)19-29-12-4-3-8-22(29)11-13-28-14-16-30-17-15-28/h1-2,5-7,9-10,18,22H,3-4,8,11-17,19H2,(H,26,27). The Morgan fingerprint density at radius 3 is 2.80 bits per heavy atom. The van der Waals surface area contributed by atoms with E-state index in [9.17, 15) is 0 Å². The van der Waals surface area contributed by atoms with E-state index in [2.05, 4.69) is 62.5 Å². The predicted molar refractivity (Wildman–Crippen MR) is 121 cm³/mol. The molecule has 2 aliphatic heterocycles. The fraction of sp³-hybridized carbons (Fsp3) is 0.480. The largest absolute Gasteiger partial charge is 0.379 e. The van der Waals surface area contributed by atoms with E-state index in [1.807, 2.05) is 6.20 Å². The van der Waals surface area contributed by atoms with Crippen molar-refractivity contribution in [1.29, 1.82) is 0 Å². The number of nitrogens with one attached hydrogen (secondary N) is 1. The molecule has 0 spiro atoms. The Kier molecular flexibility index (Phi) is 6.11. The Balaban J connectivity index is 1.33. The van der Waals surface area contributed by atoms with E-state index in [4.69, 9.17) is 4.74 Å². The lowest BCUT2D eigenvalue weighted by Gasteiger charge is -2.37. The van der Waals surface area contributed by atoms with Crippen LogP contribution in [0.1, 0.15) is 31.2 Å². The summed E-state index contributed by atoms with van der Waals surface area (Å²) >= 11 is 0.